The van der Waals surface area contributed by atoms with Gasteiger partial charge in [-0.2, -0.15) is 0 Å². The summed E-state index contributed by atoms with van der Waals surface area (Å²) >= 11 is 12.2. The summed E-state index contributed by atoms with van der Waals surface area (Å²) in [6, 6.07) is 14.4. The Kier molecular flexibility index (Phi) is 4.92. The summed E-state index contributed by atoms with van der Waals surface area (Å²) < 4.78 is 0. The maximum absolute atomic E-state index is 6.27. The van der Waals surface area contributed by atoms with Crippen LogP contribution in [0.2, 0.25) is 10.0 Å². The average molecular weight is 335 g/mol. The van der Waals surface area contributed by atoms with Gasteiger partial charge in [-0.25, -0.2) is 0 Å². The van der Waals surface area contributed by atoms with Crippen LogP contribution < -0.4 is 4.90 Å². The van der Waals surface area contributed by atoms with E-state index in [1.54, 1.807) is 0 Å². The Hall–Kier alpha value is -1.22. The molecule has 1 fully saturated rings. The maximum atomic E-state index is 6.27. The summed E-state index contributed by atoms with van der Waals surface area (Å²) in [4.78, 5) is 4.92. The van der Waals surface area contributed by atoms with Crippen LogP contribution >= 0.6 is 23.2 Å². The number of hydrogen-bond acceptors (Lipinski definition) is 2. The van der Waals surface area contributed by atoms with Crippen molar-refractivity contribution in [2.75, 3.05) is 31.1 Å². The molecule has 0 unspecified atom stereocenters. The van der Waals surface area contributed by atoms with E-state index in [2.05, 4.69) is 41.0 Å². The standard InChI is InChI=1S/C18H20Cl2N2/c1-14-4-2-3-5-18(14)22-10-8-21(9-11-22)13-15-6-7-16(19)12-17(15)20/h2-7,12H,8-11,13H2,1H3. The Morgan fingerprint density at radius 3 is 2.36 bits per heavy atom. The van der Waals surface area contributed by atoms with Gasteiger partial charge in [0.25, 0.3) is 0 Å². The molecule has 0 aromatic heterocycles. The molecule has 1 saturated heterocycles. The Morgan fingerprint density at radius 2 is 1.68 bits per heavy atom. The number of anilines is 1. The minimum atomic E-state index is 0.693. The van der Waals surface area contributed by atoms with Crippen LogP contribution in [0.15, 0.2) is 42.5 Å². The molecule has 0 aliphatic carbocycles. The molecule has 1 aliphatic heterocycles. The zero-order valence-electron chi connectivity index (χ0n) is 12.7. The number of hydrogen-bond donors (Lipinski definition) is 0. The third kappa shape index (κ3) is 3.57. The predicted molar refractivity (Wildman–Crippen MR) is 95.1 cm³/mol. The number of benzene rings is 2. The lowest BCUT2D eigenvalue weighted by Gasteiger charge is -2.37. The summed E-state index contributed by atoms with van der Waals surface area (Å²) in [7, 11) is 0. The van der Waals surface area contributed by atoms with Crippen molar-refractivity contribution in [3.05, 3.63) is 63.6 Å². The van der Waals surface area contributed by atoms with Gasteiger partial charge >= 0.3 is 0 Å². The van der Waals surface area contributed by atoms with E-state index in [-0.39, 0.29) is 0 Å². The van der Waals surface area contributed by atoms with E-state index in [1.807, 2.05) is 18.2 Å². The van der Waals surface area contributed by atoms with Crippen molar-refractivity contribution < 1.29 is 0 Å². The largest absolute Gasteiger partial charge is 0.369 e. The van der Waals surface area contributed by atoms with Crippen LogP contribution in [0.1, 0.15) is 11.1 Å². The van der Waals surface area contributed by atoms with Crippen LogP contribution in [-0.2, 0) is 6.54 Å². The van der Waals surface area contributed by atoms with Crippen molar-refractivity contribution in [1.82, 2.24) is 4.90 Å². The highest BCUT2D eigenvalue weighted by molar-refractivity contribution is 6.35. The average Bonchev–Trinajstić information content (AvgIpc) is 2.51. The van der Waals surface area contributed by atoms with E-state index in [0.29, 0.717) is 5.02 Å². The monoisotopic (exact) mass is 334 g/mol. The minimum absolute atomic E-state index is 0.693. The molecule has 2 aromatic carbocycles. The lowest BCUT2D eigenvalue weighted by Crippen LogP contribution is -2.46. The van der Waals surface area contributed by atoms with Crippen LogP contribution in [-0.4, -0.2) is 31.1 Å². The molecule has 1 heterocycles. The zero-order chi connectivity index (χ0) is 15.5. The predicted octanol–water partition coefficient (Wildman–Crippen LogP) is 4.62. The summed E-state index contributed by atoms with van der Waals surface area (Å²) in [6.07, 6.45) is 0. The quantitative estimate of drug-likeness (QED) is 0.807. The molecule has 0 radical (unpaired) electrons. The highest BCUT2D eigenvalue weighted by atomic mass is 35.5. The third-order valence-corrected chi connectivity index (χ3v) is 4.82. The number of aryl methyl sites for hydroxylation is 1. The van der Waals surface area contributed by atoms with Gasteiger partial charge in [-0.15, -0.1) is 0 Å². The SMILES string of the molecule is Cc1ccccc1N1CCN(Cc2ccc(Cl)cc2Cl)CC1. The minimum Gasteiger partial charge on any atom is -0.369 e. The van der Waals surface area contributed by atoms with E-state index in [4.69, 9.17) is 23.2 Å². The summed E-state index contributed by atoms with van der Waals surface area (Å²) in [5, 5.41) is 1.45. The second kappa shape index (κ2) is 6.91. The number of halogens is 2. The van der Waals surface area contributed by atoms with Gasteiger partial charge in [0.2, 0.25) is 0 Å². The van der Waals surface area contributed by atoms with Crippen LogP contribution in [0.5, 0.6) is 0 Å². The highest BCUT2D eigenvalue weighted by Crippen LogP contribution is 2.24. The molecular formula is C18H20Cl2N2. The van der Waals surface area contributed by atoms with Crippen molar-refractivity contribution in [3.8, 4) is 0 Å². The van der Waals surface area contributed by atoms with E-state index in [1.165, 1.54) is 11.3 Å². The number of nitrogens with zero attached hydrogens (tertiary/aromatic N) is 2. The molecule has 0 amide bonds. The fourth-order valence-corrected chi connectivity index (χ4v) is 3.42. The van der Waals surface area contributed by atoms with E-state index in [9.17, 15) is 0 Å². The lowest BCUT2D eigenvalue weighted by molar-refractivity contribution is 0.250. The summed E-state index contributed by atoms with van der Waals surface area (Å²) in [5.74, 6) is 0. The fraction of sp³-hybridized carbons (Fsp3) is 0.333. The molecule has 2 aromatic rings. The molecule has 3 rings (SSSR count). The first-order valence-electron chi connectivity index (χ1n) is 7.60. The molecule has 22 heavy (non-hydrogen) atoms. The van der Waals surface area contributed by atoms with E-state index >= 15 is 0 Å². The number of piperazine rings is 1. The summed E-state index contributed by atoms with van der Waals surface area (Å²) in [6.45, 7) is 7.26. The van der Waals surface area contributed by atoms with Crippen molar-refractivity contribution >= 4 is 28.9 Å². The number of para-hydroxylation sites is 1. The zero-order valence-corrected chi connectivity index (χ0v) is 14.2. The van der Waals surface area contributed by atoms with E-state index < -0.39 is 0 Å². The molecule has 4 heteroatoms. The topological polar surface area (TPSA) is 6.48 Å². The lowest BCUT2D eigenvalue weighted by atomic mass is 10.1. The third-order valence-electron chi connectivity index (χ3n) is 4.24. The van der Waals surface area contributed by atoms with Gasteiger partial charge in [-0.05, 0) is 36.2 Å². The number of rotatable bonds is 3. The first-order valence-corrected chi connectivity index (χ1v) is 8.36. The summed E-state index contributed by atoms with van der Waals surface area (Å²) in [5.41, 5.74) is 3.85. The molecule has 2 nitrogen and oxygen atoms in total. The van der Waals surface area contributed by atoms with Crippen molar-refractivity contribution in [2.24, 2.45) is 0 Å². The van der Waals surface area contributed by atoms with Gasteiger partial charge in [-0.3, -0.25) is 4.90 Å². The van der Waals surface area contributed by atoms with Crippen LogP contribution in [0.3, 0.4) is 0 Å². The Bertz CT molecular complexity index is 649. The van der Waals surface area contributed by atoms with E-state index in [0.717, 1.165) is 43.3 Å². The molecule has 0 bridgehead atoms. The van der Waals surface area contributed by atoms with Crippen LogP contribution in [0.25, 0.3) is 0 Å². The molecule has 116 valence electrons. The van der Waals surface area contributed by atoms with Crippen molar-refractivity contribution in [2.45, 2.75) is 13.5 Å². The fourth-order valence-electron chi connectivity index (χ4n) is 2.96. The van der Waals surface area contributed by atoms with Crippen LogP contribution in [0, 0.1) is 6.92 Å². The van der Waals surface area contributed by atoms with Gasteiger partial charge in [0.15, 0.2) is 0 Å². The molecule has 0 saturated carbocycles. The molecule has 0 atom stereocenters. The first-order chi connectivity index (χ1) is 10.6. The van der Waals surface area contributed by atoms with Gasteiger partial charge in [0.1, 0.15) is 0 Å². The second-order valence-electron chi connectivity index (χ2n) is 5.79. The highest BCUT2D eigenvalue weighted by Gasteiger charge is 2.18. The molecular weight excluding hydrogens is 315 g/mol. The van der Waals surface area contributed by atoms with Gasteiger partial charge in [0.05, 0.1) is 0 Å². The van der Waals surface area contributed by atoms with Gasteiger partial charge < -0.3 is 4.90 Å². The Morgan fingerprint density at radius 1 is 0.955 bits per heavy atom. The molecule has 1 aliphatic rings. The smallest absolute Gasteiger partial charge is 0.0465 e. The van der Waals surface area contributed by atoms with Crippen LogP contribution in [0.4, 0.5) is 5.69 Å². The Balaban J connectivity index is 1.61. The second-order valence-corrected chi connectivity index (χ2v) is 6.63. The van der Waals surface area contributed by atoms with Gasteiger partial charge in [0, 0.05) is 48.5 Å². The van der Waals surface area contributed by atoms with Crippen molar-refractivity contribution in [1.29, 1.82) is 0 Å². The van der Waals surface area contributed by atoms with Crippen molar-refractivity contribution in [3.63, 3.8) is 0 Å². The van der Waals surface area contributed by atoms with Gasteiger partial charge in [-0.1, -0.05) is 47.5 Å². The molecule has 0 spiro atoms. The maximum Gasteiger partial charge on any atom is 0.0465 e. The normalized spacial score (nSPS) is 16.0. The first kappa shape index (κ1) is 15.7. The Labute approximate surface area is 142 Å². The molecule has 0 N–H and O–H groups in total.